The molecule has 25 heavy (non-hydrogen) atoms. The van der Waals surface area contributed by atoms with Crippen molar-refractivity contribution >= 4 is 23.2 Å². The molecule has 0 unspecified atom stereocenters. The van der Waals surface area contributed by atoms with Gasteiger partial charge in [0.15, 0.2) is 11.6 Å². The fourth-order valence-electron chi connectivity index (χ4n) is 6.79. The molecule has 136 valence electrons. The number of aliphatic hydroxyl groups is 1. The zero-order chi connectivity index (χ0) is 18.2. The van der Waals surface area contributed by atoms with E-state index in [0.717, 1.165) is 31.3 Å². The first-order chi connectivity index (χ1) is 11.6. The maximum atomic E-state index is 12.2. The summed E-state index contributed by atoms with van der Waals surface area (Å²) in [6, 6.07) is 0. The molecular weight excluding hydrogens is 336 g/mol. The van der Waals surface area contributed by atoms with Crippen molar-refractivity contribution in [3.05, 3.63) is 23.8 Å². The van der Waals surface area contributed by atoms with Gasteiger partial charge >= 0.3 is 0 Å². The third kappa shape index (κ3) is 2.09. The second kappa shape index (κ2) is 5.29. The van der Waals surface area contributed by atoms with Gasteiger partial charge in [-0.15, -0.1) is 11.6 Å². The van der Waals surface area contributed by atoms with Crippen molar-refractivity contribution in [2.24, 2.45) is 28.6 Å². The van der Waals surface area contributed by atoms with E-state index in [4.69, 9.17) is 11.6 Å². The quantitative estimate of drug-likeness (QED) is 0.721. The summed E-state index contributed by atoms with van der Waals surface area (Å²) in [5.74, 6) is 1.05. The molecule has 0 aromatic carbocycles. The van der Waals surface area contributed by atoms with Crippen molar-refractivity contribution < 1.29 is 14.7 Å². The van der Waals surface area contributed by atoms with Gasteiger partial charge in [-0.1, -0.05) is 19.9 Å². The summed E-state index contributed by atoms with van der Waals surface area (Å²) in [6.07, 6.45) is 9.58. The van der Waals surface area contributed by atoms with E-state index < -0.39 is 5.60 Å². The average molecular weight is 363 g/mol. The number of hydrogen-bond acceptors (Lipinski definition) is 3. The van der Waals surface area contributed by atoms with Gasteiger partial charge in [0.25, 0.3) is 0 Å². The molecule has 0 saturated heterocycles. The number of carbonyl (C=O) groups excluding carboxylic acids is 2. The predicted octanol–water partition coefficient (Wildman–Crippen LogP) is 3.83. The molecule has 3 saturated carbocycles. The third-order valence-corrected chi connectivity index (χ3v) is 8.68. The van der Waals surface area contributed by atoms with Crippen molar-refractivity contribution in [2.45, 2.75) is 63.9 Å². The number of rotatable bonds is 1. The average Bonchev–Trinajstić information content (AvgIpc) is 2.83. The first-order valence-electron chi connectivity index (χ1n) is 9.46. The topological polar surface area (TPSA) is 54.4 Å². The van der Waals surface area contributed by atoms with Crippen LogP contribution in [-0.2, 0) is 9.59 Å². The Morgan fingerprint density at radius 2 is 1.92 bits per heavy atom. The van der Waals surface area contributed by atoms with Crippen LogP contribution in [0.15, 0.2) is 23.8 Å². The molecule has 4 aliphatic carbocycles. The monoisotopic (exact) mass is 362 g/mol. The van der Waals surface area contributed by atoms with Crippen LogP contribution >= 0.6 is 11.6 Å². The van der Waals surface area contributed by atoms with Gasteiger partial charge in [-0.05, 0) is 74.5 Å². The van der Waals surface area contributed by atoms with Crippen molar-refractivity contribution in [3.8, 4) is 0 Å². The minimum Gasteiger partial charge on any atom is -0.382 e. The first-order valence-corrected chi connectivity index (χ1v) is 9.90. The van der Waals surface area contributed by atoms with E-state index >= 15 is 0 Å². The van der Waals surface area contributed by atoms with Gasteiger partial charge < -0.3 is 5.11 Å². The minimum atomic E-state index is -1.19. The highest BCUT2D eigenvalue weighted by Crippen LogP contribution is 2.67. The Kier molecular flexibility index (Phi) is 3.70. The molecule has 3 nitrogen and oxygen atoms in total. The van der Waals surface area contributed by atoms with Gasteiger partial charge in [0.05, 0.1) is 5.38 Å². The molecule has 0 spiro atoms. The van der Waals surface area contributed by atoms with Crippen LogP contribution in [0.1, 0.15) is 52.9 Å². The van der Waals surface area contributed by atoms with Gasteiger partial charge in [-0.2, -0.15) is 0 Å². The maximum absolute atomic E-state index is 12.2. The number of Topliss-reactive ketones (excluding diaryl/α,β-unsaturated/α-hetero) is 1. The summed E-state index contributed by atoms with van der Waals surface area (Å²) in [4.78, 5) is 24.1. The standard InChI is InChI=1S/C21H27ClO3/c1-12(23)21(25)9-6-16-14-11-18(22)17-10-13(24)4-7-19(17,2)15(14)5-8-20(16,21)3/h4,7,10,14-16,18,25H,5-6,8-9,11H2,1-3H3/t14-,15+,16+,18+,19-,20+,21+/m1/s1. The minimum absolute atomic E-state index is 0.0315. The first kappa shape index (κ1) is 17.5. The lowest BCUT2D eigenvalue weighted by Crippen LogP contribution is -2.57. The molecular formula is C21H27ClO3. The van der Waals surface area contributed by atoms with Gasteiger partial charge in [0.2, 0.25) is 0 Å². The smallest absolute Gasteiger partial charge is 0.178 e. The summed E-state index contributed by atoms with van der Waals surface area (Å²) in [5, 5.41) is 11.0. The largest absolute Gasteiger partial charge is 0.382 e. The fourth-order valence-corrected chi connectivity index (χ4v) is 7.30. The molecule has 4 heteroatoms. The van der Waals surface area contributed by atoms with Crippen LogP contribution in [0.25, 0.3) is 0 Å². The predicted molar refractivity (Wildman–Crippen MR) is 97.3 cm³/mol. The summed E-state index contributed by atoms with van der Waals surface area (Å²) >= 11 is 6.75. The van der Waals surface area contributed by atoms with E-state index in [2.05, 4.69) is 19.9 Å². The molecule has 1 N–H and O–H groups in total. The maximum Gasteiger partial charge on any atom is 0.178 e. The van der Waals surface area contributed by atoms with E-state index in [1.165, 1.54) is 6.92 Å². The number of hydrogen-bond donors (Lipinski definition) is 1. The van der Waals surface area contributed by atoms with Crippen molar-refractivity contribution in [1.82, 2.24) is 0 Å². The Morgan fingerprint density at radius 3 is 2.60 bits per heavy atom. The van der Waals surface area contributed by atoms with E-state index in [0.29, 0.717) is 24.2 Å². The molecule has 0 amide bonds. The number of allylic oxidation sites excluding steroid dienone is 4. The van der Waals surface area contributed by atoms with E-state index in [1.54, 1.807) is 12.2 Å². The Labute approximate surface area is 154 Å². The summed E-state index contributed by atoms with van der Waals surface area (Å²) < 4.78 is 0. The lowest BCUT2D eigenvalue weighted by molar-refractivity contribution is -0.158. The lowest BCUT2D eigenvalue weighted by atomic mass is 9.47. The molecule has 4 aliphatic rings. The number of ketones is 2. The number of fused-ring (bicyclic) bond motifs is 5. The highest BCUT2D eigenvalue weighted by Gasteiger charge is 2.65. The summed E-state index contributed by atoms with van der Waals surface area (Å²) in [7, 11) is 0. The number of carbonyl (C=O) groups is 2. The zero-order valence-corrected chi connectivity index (χ0v) is 16.0. The molecule has 3 fully saturated rings. The van der Waals surface area contributed by atoms with Gasteiger partial charge in [-0.25, -0.2) is 0 Å². The SMILES string of the molecule is CC(=O)[C@@]1(O)CC[C@H]2[C@@H]3C[C@H](Cl)C4=CC(=O)C=C[C@]4(C)[C@H]3CC[C@@]21C. The van der Waals surface area contributed by atoms with Crippen LogP contribution in [0.4, 0.5) is 0 Å². The summed E-state index contributed by atoms with van der Waals surface area (Å²) in [6.45, 7) is 5.85. The van der Waals surface area contributed by atoms with Gasteiger partial charge in [-0.3, -0.25) is 9.59 Å². The molecule has 0 heterocycles. The second-order valence-corrected chi connectivity index (χ2v) is 9.64. The van der Waals surface area contributed by atoms with Crippen molar-refractivity contribution in [2.75, 3.05) is 0 Å². The van der Waals surface area contributed by atoms with Gasteiger partial charge in [0.1, 0.15) is 5.60 Å². The molecule has 0 aliphatic heterocycles. The van der Waals surface area contributed by atoms with Crippen LogP contribution < -0.4 is 0 Å². The second-order valence-electron chi connectivity index (χ2n) is 9.11. The van der Waals surface area contributed by atoms with Crippen LogP contribution in [0, 0.1) is 28.6 Å². The Bertz CT molecular complexity index is 710. The van der Waals surface area contributed by atoms with Crippen LogP contribution in [0.5, 0.6) is 0 Å². The molecule has 0 radical (unpaired) electrons. The Morgan fingerprint density at radius 1 is 1.24 bits per heavy atom. The third-order valence-electron chi connectivity index (χ3n) is 8.27. The van der Waals surface area contributed by atoms with E-state index in [9.17, 15) is 14.7 Å². The lowest BCUT2D eigenvalue weighted by Gasteiger charge is -2.58. The molecule has 0 aromatic rings. The van der Waals surface area contributed by atoms with Crippen LogP contribution in [0.2, 0.25) is 0 Å². The van der Waals surface area contributed by atoms with E-state index in [-0.39, 0.29) is 27.8 Å². The Balaban J connectivity index is 1.75. The van der Waals surface area contributed by atoms with Crippen LogP contribution in [-0.4, -0.2) is 27.7 Å². The zero-order valence-electron chi connectivity index (χ0n) is 15.2. The Hall–Kier alpha value is -0.930. The number of alkyl halides is 1. The molecule has 0 aromatic heterocycles. The number of halogens is 1. The highest BCUT2D eigenvalue weighted by molar-refractivity contribution is 6.23. The van der Waals surface area contributed by atoms with Crippen molar-refractivity contribution in [1.29, 1.82) is 0 Å². The van der Waals surface area contributed by atoms with E-state index in [1.807, 2.05) is 0 Å². The molecule has 4 rings (SSSR count). The summed E-state index contributed by atoms with van der Waals surface area (Å²) in [5.41, 5.74) is -0.671. The van der Waals surface area contributed by atoms with Crippen molar-refractivity contribution in [3.63, 3.8) is 0 Å². The van der Waals surface area contributed by atoms with Crippen LogP contribution in [0.3, 0.4) is 0 Å². The normalized spacial score (nSPS) is 51.4. The molecule has 0 bridgehead atoms. The molecule has 7 atom stereocenters. The van der Waals surface area contributed by atoms with Gasteiger partial charge in [0, 0.05) is 10.8 Å². The highest BCUT2D eigenvalue weighted by atomic mass is 35.5. The fraction of sp³-hybridized carbons (Fsp3) is 0.714.